The van der Waals surface area contributed by atoms with Gasteiger partial charge in [0.1, 0.15) is 0 Å². The normalized spacial score (nSPS) is 11.3. The van der Waals surface area contributed by atoms with Crippen molar-refractivity contribution in [1.82, 2.24) is 9.97 Å². The van der Waals surface area contributed by atoms with E-state index < -0.39 is 0 Å². The number of hydrogen-bond donors (Lipinski definition) is 1. The van der Waals surface area contributed by atoms with Gasteiger partial charge < -0.3 is 4.98 Å². The zero-order valence-corrected chi connectivity index (χ0v) is 8.39. The van der Waals surface area contributed by atoms with E-state index in [1.54, 1.807) is 6.33 Å². The van der Waals surface area contributed by atoms with Gasteiger partial charge in [-0.25, -0.2) is 4.98 Å². The third-order valence-corrected chi connectivity index (χ3v) is 1.65. The van der Waals surface area contributed by atoms with Gasteiger partial charge in [0.15, 0.2) is 0 Å². The third kappa shape index (κ3) is 2.53. The van der Waals surface area contributed by atoms with Crippen molar-refractivity contribution in [1.29, 1.82) is 0 Å². The lowest BCUT2D eigenvalue weighted by atomic mass is 10.1. The lowest BCUT2D eigenvalue weighted by Gasteiger charge is -2.00. The van der Waals surface area contributed by atoms with E-state index in [-0.39, 0.29) is 0 Å². The molecule has 1 atom stereocenters. The van der Waals surface area contributed by atoms with Crippen LogP contribution in [0.2, 0.25) is 0 Å². The Kier molecular flexibility index (Phi) is 5.09. The summed E-state index contributed by atoms with van der Waals surface area (Å²) >= 11 is 0. The summed E-state index contributed by atoms with van der Waals surface area (Å²) < 4.78 is 0. The van der Waals surface area contributed by atoms with Gasteiger partial charge in [-0.2, -0.15) is 0 Å². The van der Waals surface area contributed by atoms with E-state index >= 15 is 0 Å². The van der Waals surface area contributed by atoms with Gasteiger partial charge in [0.25, 0.3) is 0 Å². The van der Waals surface area contributed by atoms with Crippen LogP contribution in [-0.2, 0) is 0 Å². The van der Waals surface area contributed by atoms with Crippen LogP contribution < -0.4 is 0 Å². The van der Waals surface area contributed by atoms with Crippen LogP contribution in [0.25, 0.3) is 0 Å². The highest BCUT2D eigenvalue weighted by Gasteiger charge is 2.05. The number of rotatable bonds is 2. The van der Waals surface area contributed by atoms with Gasteiger partial charge in [0.2, 0.25) is 0 Å². The summed E-state index contributed by atoms with van der Waals surface area (Å²) in [6.07, 6.45) is 3.60. The van der Waals surface area contributed by atoms with Gasteiger partial charge in [-0.1, -0.05) is 26.8 Å². The molecule has 0 aliphatic rings. The Balaban J connectivity index is 0.000000561. The smallest absolute Gasteiger partial charge is 0.0925 e. The molecule has 0 amide bonds. The number of H-pyrrole nitrogens is 1. The van der Waals surface area contributed by atoms with Crippen molar-refractivity contribution in [3.05, 3.63) is 30.4 Å². The Hall–Kier alpha value is -1.05. The van der Waals surface area contributed by atoms with E-state index in [0.29, 0.717) is 5.92 Å². The Bertz CT molecular complexity index is 225. The first-order valence-corrected chi connectivity index (χ1v) is 4.38. The minimum atomic E-state index is 0.353. The molecule has 2 nitrogen and oxygen atoms in total. The van der Waals surface area contributed by atoms with Gasteiger partial charge >= 0.3 is 0 Å². The van der Waals surface area contributed by atoms with Crippen LogP contribution in [0.4, 0.5) is 0 Å². The Morgan fingerprint density at radius 2 is 2.17 bits per heavy atom. The molecular weight excluding hydrogens is 148 g/mol. The van der Waals surface area contributed by atoms with Gasteiger partial charge in [-0.3, -0.25) is 0 Å². The van der Waals surface area contributed by atoms with Gasteiger partial charge in [0, 0.05) is 11.6 Å². The Morgan fingerprint density at radius 3 is 2.50 bits per heavy atom. The van der Waals surface area contributed by atoms with Crippen molar-refractivity contribution in [2.75, 3.05) is 0 Å². The zero-order valence-electron chi connectivity index (χ0n) is 8.39. The lowest BCUT2D eigenvalue weighted by molar-refractivity contribution is 0.909. The number of aromatic amines is 1. The molecule has 1 aromatic heterocycles. The molecule has 1 aromatic rings. The SMILES string of the molecule is C=CC(C)c1nc[nH]c1C.CC. The molecule has 1 unspecified atom stereocenters. The average molecular weight is 166 g/mol. The molecule has 0 fully saturated rings. The third-order valence-electron chi connectivity index (χ3n) is 1.65. The molecule has 0 saturated heterocycles. The number of hydrogen-bond acceptors (Lipinski definition) is 1. The summed E-state index contributed by atoms with van der Waals surface area (Å²) in [5, 5.41) is 0. The number of nitrogens with one attached hydrogen (secondary N) is 1. The molecule has 1 N–H and O–H groups in total. The lowest BCUT2D eigenvalue weighted by Crippen LogP contribution is -1.90. The van der Waals surface area contributed by atoms with E-state index in [9.17, 15) is 0 Å². The van der Waals surface area contributed by atoms with E-state index in [1.807, 2.05) is 26.8 Å². The molecule has 2 heteroatoms. The van der Waals surface area contributed by atoms with E-state index in [0.717, 1.165) is 11.4 Å². The van der Waals surface area contributed by atoms with Crippen molar-refractivity contribution in [3.8, 4) is 0 Å². The van der Waals surface area contributed by atoms with Crippen molar-refractivity contribution >= 4 is 0 Å². The highest BCUT2D eigenvalue weighted by Crippen LogP contribution is 2.15. The molecule has 1 rings (SSSR count). The van der Waals surface area contributed by atoms with Crippen molar-refractivity contribution in [2.24, 2.45) is 0 Å². The summed E-state index contributed by atoms with van der Waals surface area (Å²) in [4.78, 5) is 7.18. The number of imidazole rings is 1. The highest BCUT2D eigenvalue weighted by atomic mass is 14.9. The molecule has 1 heterocycles. The fourth-order valence-corrected chi connectivity index (χ4v) is 0.940. The zero-order chi connectivity index (χ0) is 9.56. The summed E-state index contributed by atoms with van der Waals surface area (Å²) in [5.74, 6) is 0.353. The predicted octanol–water partition coefficient (Wildman–Crippen LogP) is 3.03. The molecular formula is C10H18N2. The first kappa shape index (κ1) is 11.0. The molecule has 0 aliphatic carbocycles. The van der Waals surface area contributed by atoms with Crippen molar-refractivity contribution in [3.63, 3.8) is 0 Å². The van der Waals surface area contributed by atoms with E-state index in [2.05, 4.69) is 23.5 Å². The molecule has 0 aliphatic heterocycles. The fourth-order valence-electron chi connectivity index (χ4n) is 0.940. The highest BCUT2D eigenvalue weighted by molar-refractivity contribution is 5.17. The second kappa shape index (κ2) is 5.58. The molecule has 0 saturated carbocycles. The Morgan fingerprint density at radius 1 is 1.58 bits per heavy atom. The van der Waals surface area contributed by atoms with Crippen LogP contribution >= 0.6 is 0 Å². The number of nitrogens with zero attached hydrogens (tertiary/aromatic N) is 1. The van der Waals surface area contributed by atoms with Crippen molar-refractivity contribution < 1.29 is 0 Å². The molecule has 68 valence electrons. The van der Waals surface area contributed by atoms with Gasteiger partial charge in [-0.15, -0.1) is 6.58 Å². The Labute approximate surface area is 74.7 Å². The molecule has 0 aromatic carbocycles. The molecule has 0 spiro atoms. The van der Waals surface area contributed by atoms with Gasteiger partial charge in [0.05, 0.1) is 12.0 Å². The molecule has 0 radical (unpaired) electrons. The van der Waals surface area contributed by atoms with Crippen LogP contribution in [0, 0.1) is 6.92 Å². The predicted molar refractivity (Wildman–Crippen MR) is 53.3 cm³/mol. The molecule has 0 bridgehead atoms. The maximum atomic E-state index is 4.16. The molecule has 12 heavy (non-hydrogen) atoms. The first-order valence-electron chi connectivity index (χ1n) is 4.38. The quantitative estimate of drug-likeness (QED) is 0.672. The fraction of sp³-hybridized carbons (Fsp3) is 0.500. The minimum absolute atomic E-state index is 0.353. The second-order valence-electron chi connectivity index (χ2n) is 2.44. The van der Waals surface area contributed by atoms with E-state index in [1.165, 1.54) is 0 Å². The summed E-state index contributed by atoms with van der Waals surface area (Å²) in [6, 6.07) is 0. The van der Waals surface area contributed by atoms with Gasteiger partial charge in [-0.05, 0) is 6.92 Å². The van der Waals surface area contributed by atoms with Crippen LogP contribution in [0.15, 0.2) is 19.0 Å². The monoisotopic (exact) mass is 166 g/mol. The number of aromatic nitrogens is 2. The maximum absolute atomic E-state index is 4.16. The topological polar surface area (TPSA) is 28.7 Å². The number of allylic oxidation sites excluding steroid dienone is 1. The van der Waals surface area contributed by atoms with Crippen LogP contribution in [0.5, 0.6) is 0 Å². The summed E-state index contributed by atoms with van der Waals surface area (Å²) in [7, 11) is 0. The average Bonchev–Trinajstić information content (AvgIpc) is 2.54. The maximum Gasteiger partial charge on any atom is 0.0925 e. The minimum Gasteiger partial charge on any atom is -0.348 e. The van der Waals surface area contributed by atoms with Crippen molar-refractivity contribution in [2.45, 2.75) is 33.6 Å². The first-order chi connectivity index (χ1) is 5.75. The van der Waals surface area contributed by atoms with Crippen LogP contribution in [-0.4, -0.2) is 9.97 Å². The summed E-state index contributed by atoms with van der Waals surface area (Å²) in [6.45, 7) is 11.8. The van der Waals surface area contributed by atoms with E-state index in [4.69, 9.17) is 0 Å². The largest absolute Gasteiger partial charge is 0.348 e. The summed E-state index contributed by atoms with van der Waals surface area (Å²) in [5.41, 5.74) is 2.22. The number of aryl methyl sites for hydroxylation is 1. The van der Waals surface area contributed by atoms with Crippen LogP contribution in [0.3, 0.4) is 0 Å². The standard InChI is InChI=1S/C8H12N2.C2H6/c1-4-6(2)8-7(3)9-5-10-8;1-2/h4-6H,1H2,2-3H3,(H,9,10);1-2H3. The second-order valence-corrected chi connectivity index (χ2v) is 2.44. The van der Waals surface area contributed by atoms with Crippen LogP contribution in [0.1, 0.15) is 38.1 Å².